The third kappa shape index (κ3) is 3.69. The molecule has 0 heterocycles. The summed E-state index contributed by atoms with van der Waals surface area (Å²) >= 11 is 0. The van der Waals surface area contributed by atoms with Crippen LogP contribution in [-0.4, -0.2) is 23.8 Å². The van der Waals surface area contributed by atoms with Crippen LogP contribution < -0.4 is 10.6 Å². The smallest absolute Gasteiger partial charge is 0.241 e. The number of hydrogen-bond acceptors (Lipinski definition) is 3. The SMILES string of the molecule is CC(=O)c1ccc(NC(=O)[C@@H](C)N[C@@H](C)C23CC4CC(CC(C4)C2)C3)cc1. The maximum atomic E-state index is 12.7. The highest BCUT2D eigenvalue weighted by Gasteiger charge is 2.53. The molecular formula is C23H32N2O2. The summed E-state index contributed by atoms with van der Waals surface area (Å²) in [6.45, 7) is 5.79. The van der Waals surface area contributed by atoms with E-state index in [-0.39, 0.29) is 17.7 Å². The maximum Gasteiger partial charge on any atom is 0.241 e. The van der Waals surface area contributed by atoms with Gasteiger partial charge in [0.2, 0.25) is 5.91 Å². The van der Waals surface area contributed by atoms with Crippen LogP contribution in [0.5, 0.6) is 0 Å². The molecule has 2 atom stereocenters. The van der Waals surface area contributed by atoms with Gasteiger partial charge in [0.1, 0.15) is 0 Å². The van der Waals surface area contributed by atoms with Crippen LogP contribution >= 0.6 is 0 Å². The molecule has 4 aliphatic carbocycles. The molecule has 2 N–H and O–H groups in total. The standard InChI is InChI=1S/C23H32N2O2/c1-14(22(27)25-21-6-4-20(5-7-21)15(2)26)24-16(3)23-11-17-8-18(12-23)10-19(9-17)13-23/h4-7,14,16-19,24H,8-13H2,1-3H3,(H,25,27)/t14-,16+,17?,18?,19?,23?/m1/s1. The van der Waals surface area contributed by atoms with E-state index in [0.717, 1.165) is 23.4 Å². The lowest BCUT2D eigenvalue weighted by Gasteiger charge is -2.59. The monoisotopic (exact) mass is 368 g/mol. The molecule has 1 aromatic carbocycles. The highest BCUT2D eigenvalue weighted by molar-refractivity contribution is 5.96. The molecule has 4 bridgehead atoms. The Morgan fingerprint density at radius 2 is 1.48 bits per heavy atom. The first kappa shape index (κ1) is 18.7. The molecule has 4 heteroatoms. The highest BCUT2D eigenvalue weighted by atomic mass is 16.2. The van der Waals surface area contributed by atoms with Crippen LogP contribution in [0.25, 0.3) is 0 Å². The normalized spacial score (nSPS) is 33.5. The molecule has 27 heavy (non-hydrogen) atoms. The number of rotatable bonds is 6. The summed E-state index contributed by atoms with van der Waals surface area (Å²) in [5, 5.41) is 6.59. The van der Waals surface area contributed by atoms with E-state index < -0.39 is 0 Å². The Balaban J connectivity index is 1.36. The zero-order valence-corrected chi connectivity index (χ0v) is 16.8. The van der Waals surface area contributed by atoms with Crippen molar-refractivity contribution in [2.45, 2.75) is 71.4 Å². The van der Waals surface area contributed by atoms with E-state index in [0.29, 0.717) is 17.0 Å². The number of amides is 1. The van der Waals surface area contributed by atoms with E-state index in [1.165, 1.54) is 38.5 Å². The average Bonchev–Trinajstić information content (AvgIpc) is 2.60. The number of nitrogens with one attached hydrogen (secondary N) is 2. The second-order valence-electron chi connectivity index (χ2n) is 9.51. The third-order valence-corrected chi connectivity index (χ3v) is 7.46. The molecule has 1 aromatic rings. The Labute approximate surface area is 162 Å². The summed E-state index contributed by atoms with van der Waals surface area (Å²) in [5.74, 6) is 2.78. The van der Waals surface area contributed by atoms with Gasteiger partial charge < -0.3 is 10.6 Å². The Bertz CT molecular complexity index is 689. The lowest BCUT2D eigenvalue weighted by Crippen LogP contribution is -2.57. The lowest BCUT2D eigenvalue weighted by atomic mass is 9.48. The minimum absolute atomic E-state index is 0.0119. The van der Waals surface area contributed by atoms with Crippen molar-refractivity contribution in [3.05, 3.63) is 29.8 Å². The van der Waals surface area contributed by atoms with Gasteiger partial charge >= 0.3 is 0 Å². The van der Waals surface area contributed by atoms with Crippen LogP contribution in [0.15, 0.2) is 24.3 Å². The van der Waals surface area contributed by atoms with Crippen LogP contribution in [0.1, 0.15) is 69.7 Å². The van der Waals surface area contributed by atoms with Crippen LogP contribution in [0.2, 0.25) is 0 Å². The zero-order chi connectivity index (χ0) is 19.2. The summed E-state index contributed by atoms with van der Waals surface area (Å²) in [6.07, 6.45) is 8.35. The summed E-state index contributed by atoms with van der Waals surface area (Å²) < 4.78 is 0. The number of Topliss-reactive ketones (excluding diaryl/α,β-unsaturated/α-hetero) is 1. The first-order chi connectivity index (χ1) is 12.8. The van der Waals surface area contributed by atoms with Gasteiger partial charge in [-0.15, -0.1) is 0 Å². The van der Waals surface area contributed by atoms with Crippen molar-refractivity contribution >= 4 is 17.4 Å². The maximum absolute atomic E-state index is 12.7. The number of ketones is 1. The fraction of sp³-hybridized carbons (Fsp3) is 0.652. The topological polar surface area (TPSA) is 58.2 Å². The van der Waals surface area contributed by atoms with Crippen molar-refractivity contribution in [3.63, 3.8) is 0 Å². The number of carbonyl (C=O) groups excluding carboxylic acids is 2. The molecule has 0 saturated heterocycles. The van der Waals surface area contributed by atoms with Gasteiger partial charge in [0, 0.05) is 17.3 Å². The number of hydrogen-bond donors (Lipinski definition) is 2. The van der Waals surface area contributed by atoms with E-state index in [1.807, 2.05) is 6.92 Å². The predicted molar refractivity (Wildman–Crippen MR) is 108 cm³/mol. The van der Waals surface area contributed by atoms with Crippen molar-refractivity contribution in [2.75, 3.05) is 5.32 Å². The van der Waals surface area contributed by atoms with Crippen LogP contribution in [0.3, 0.4) is 0 Å². The predicted octanol–water partition coefficient (Wildman–Crippen LogP) is 4.41. The lowest BCUT2D eigenvalue weighted by molar-refractivity contribution is -0.119. The zero-order valence-electron chi connectivity index (χ0n) is 16.8. The van der Waals surface area contributed by atoms with Crippen molar-refractivity contribution in [1.82, 2.24) is 5.32 Å². The van der Waals surface area contributed by atoms with Gasteiger partial charge in [0.15, 0.2) is 5.78 Å². The van der Waals surface area contributed by atoms with Crippen molar-refractivity contribution < 1.29 is 9.59 Å². The quantitative estimate of drug-likeness (QED) is 0.731. The van der Waals surface area contributed by atoms with Gasteiger partial charge in [-0.25, -0.2) is 0 Å². The molecule has 0 aliphatic heterocycles. The number of benzene rings is 1. The second-order valence-corrected chi connectivity index (χ2v) is 9.51. The average molecular weight is 369 g/mol. The van der Waals surface area contributed by atoms with Gasteiger partial charge in [-0.2, -0.15) is 0 Å². The van der Waals surface area contributed by atoms with Gasteiger partial charge in [0.25, 0.3) is 0 Å². The molecule has 0 spiro atoms. The number of anilines is 1. The molecule has 4 saturated carbocycles. The van der Waals surface area contributed by atoms with Gasteiger partial charge in [-0.05, 0) is 107 Å². The minimum Gasteiger partial charge on any atom is -0.325 e. The molecule has 146 valence electrons. The Kier molecular flexibility index (Phi) is 4.87. The molecule has 1 amide bonds. The highest BCUT2D eigenvalue weighted by Crippen LogP contribution is 2.61. The Morgan fingerprint density at radius 1 is 0.963 bits per heavy atom. The molecule has 0 aromatic heterocycles. The van der Waals surface area contributed by atoms with Gasteiger partial charge in [0.05, 0.1) is 6.04 Å². The fourth-order valence-corrected chi connectivity index (χ4v) is 6.37. The van der Waals surface area contributed by atoms with Crippen molar-refractivity contribution in [2.24, 2.45) is 23.2 Å². The summed E-state index contributed by atoms with van der Waals surface area (Å²) in [7, 11) is 0. The van der Waals surface area contributed by atoms with E-state index in [1.54, 1.807) is 31.2 Å². The molecule has 5 rings (SSSR count). The molecular weight excluding hydrogens is 336 g/mol. The summed E-state index contributed by atoms with van der Waals surface area (Å²) in [6, 6.07) is 7.24. The van der Waals surface area contributed by atoms with E-state index in [9.17, 15) is 9.59 Å². The van der Waals surface area contributed by atoms with Crippen LogP contribution in [0.4, 0.5) is 5.69 Å². The molecule has 0 unspecified atom stereocenters. The minimum atomic E-state index is -0.236. The first-order valence-electron chi connectivity index (χ1n) is 10.5. The fourth-order valence-electron chi connectivity index (χ4n) is 6.37. The Morgan fingerprint density at radius 3 is 1.96 bits per heavy atom. The second kappa shape index (κ2) is 7.05. The number of carbonyl (C=O) groups is 2. The van der Waals surface area contributed by atoms with Gasteiger partial charge in [-0.3, -0.25) is 9.59 Å². The molecule has 4 nitrogen and oxygen atoms in total. The molecule has 4 fully saturated rings. The molecule has 0 radical (unpaired) electrons. The van der Waals surface area contributed by atoms with E-state index in [2.05, 4.69) is 17.6 Å². The third-order valence-electron chi connectivity index (χ3n) is 7.46. The van der Waals surface area contributed by atoms with E-state index in [4.69, 9.17) is 0 Å². The van der Waals surface area contributed by atoms with Crippen LogP contribution in [0, 0.1) is 23.2 Å². The van der Waals surface area contributed by atoms with E-state index >= 15 is 0 Å². The van der Waals surface area contributed by atoms with Crippen LogP contribution in [-0.2, 0) is 4.79 Å². The Hall–Kier alpha value is -1.68. The van der Waals surface area contributed by atoms with Crippen molar-refractivity contribution in [1.29, 1.82) is 0 Å². The largest absolute Gasteiger partial charge is 0.325 e. The van der Waals surface area contributed by atoms with Gasteiger partial charge in [-0.1, -0.05) is 0 Å². The molecule has 4 aliphatic rings. The first-order valence-corrected chi connectivity index (χ1v) is 10.5. The van der Waals surface area contributed by atoms with Crippen molar-refractivity contribution in [3.8, 4) is 0 Å². The summed E-state index contributed by atoms with van der Waals surface area (Å²) in [4.78, 5) is 24.0. The summed E-state index contributed by atoms with van der Waals surface area (Å²) in [5.41, 5.74) is 1.79.